The van der Waals surface area contributed by atoms with E-state index < -0.39 is 0 Å². The fourth-order valence-electron chi connectivity index (χ4n) is 2.35. The van der Waals surface area contributed by atoms with E-state index in [-0.39, 0.29) is 6.03 Å². The van der Waals surface area contributed by atoms with E-state index in [0.29, 0.717) is 11.2 Å². The van der Waals surface area contributed by atoms with Crippen molar-refractivity contribution in [1.82, 2.24) is 15.3 Å². The molecule has 1 aliphatic rings. The molecule has 2 amide bonds. The van der Waals surface area contributed by atoms with Gasteiger partial charge in [-0.2, -0.15) is 0 Å². The average Bonchev–Trinajstić information content (AvgIpc) is 3.11. The van der Waals surface area contributed by atoms with Crippen molar-refractivity contribution in [3.63, 3.8) is 0 Å². The molecular formula is C14H16N4OS. The van der Waals surface area contributed by atoms with Crippen LogP contribution in [-0.2, 0) is 0 Å². The van der Waals surface area contributed by atoms with Crippen molar-refractivity contribution in [2.45, 2.75) is 31.7 Å². The van der Waals surface area contributed by atoms with Gasteiger partial charge >= 0.3 is 6.03 Å². The number of nitrogens with zero attached hydrogens (tertiary/aromatic N) is 2. The summed E-state index contributed by atoms with van der Waals surface area (Å²) in [4.78, 5) is 20.5. The van der Waals surface area contributed by atoms with Crippen molar-refractivity contribution in [2.75, 3.05) is 5.32 Å². The standard InChI is InChI=1S/C14H16N4OS/c19-13(16-10-5-1-2-6-10)18-14-17-12(9-20-14)11-7-3-4-8-15-11/h3-4,7-10H,1-2,5-6H2,(H2,16,17,18,19). The molecule has 104 valence electrons. The second kappa shape index (κ2) is 6.00. The number of rotatable bonds is 3. The summed E-state index contributed by atoms with van der Waals surface area (Å²) in [5.41, 5.74) is 1.60. The van der Waals surface area contributed by atoms with E-state index in [9.17, 15) is 4.79 Å². The fraction of sp³-hybridized carbons (Fsp3) is 0.357. The molecular weight excluding hydrogens is 272 g/mol. The van der Waals surface area contributed by atoms with E-state index in [1.807, 2.05) is 23.6 Å². The molecule has 0 bridgehead atoms. The van der Waals surface area contributed by atoms with Crippen molar-refractivity contribution < 1.29 is 4.79 Å². The molecule has 2 N–H and O–H groups in total. The number of carbonyl (C=O) groups excluding carboxylic acids is 1. The number of nitrogens with one attached hydrogen (secondary N) is 2. The number of thiazole rings is 1. The van der Waals surface area contributed by atoms with Gasteiger partial charge in [0.1, 0.15) is 5.69 Å². The van der Waals surface area contributed by atoms with E-state index in [4.69, 9.17) is 0 Å². The molecule has 0 aliphatic heterocycles. The minimum atomic E-state index is -0.168. The van der Waals surface area contributed by atoms with Crippen molar-refractivity contribution in [2.24, 2.45) is 0 Å². The topological polar surface area (TPSA) is 66.9 Å². The van der Waals surface area contributed by atoms with Gasteiger partial charge < -0.3 is 5.32 Å². The fourth-order valence-corrected chi connectivity index (χ4v) is 3.05. The van der Waals surface area contributed by atoms with Crippen LogP contribution in [0.25, 0.3) is 11.4 Å². The molecule has 2 aromatic rings. The summed E-state index contributed by atoms with van der Waals surface area (Å²) in [6.07, 6.45) is 6.28. The van der Waals surface area contributed by atoms with Gasteiger partial charge in [-0.3, -0.25) is 10.3 Å². The largest absolute Gasteiger partial charge is 0.335 e. The second-order valence-electron chi connectivity index (χ2n) is 4.83. The molecule has 0 atom stereocenters. The molecule has 0 saturated heterocycles. The van der Waals surface area contributed by atoms with Crippen LogP contribution in [0.15, 0.2) is 29.8 Å². The lowest BCUT2D eigenvalue weighted by atomic mass is 10.3. The van der Waals surface area contributed by atoms with Gasteiger partial charge in [0.25, 0.3) is 0 Å². The van der Waals surface area contributed by atoms with Gasteiger partial charge in [-0.05, 0) is 25.0 Å². The predicted octanol–water partition coefficient (Wildman–Crippen LogP) is 3.27. The third-order valence-electron chi connectivity index (χ3n) is 3.34. The van der Waals surface area contributed by atoms with E-state index in [1.165, 1.54) is 24.2 Å². The molecule has 1 fully saturated rings. The third kappa shape index (κ3) is 3.14. The SMILES string of the molecule is O=C(Nc1nc(-c2ccccn2)cs1)NC1CCCC1. The normalized spacial score (nSPS) is 15.2. The van der Waals surface area contributed by atoms with Crippen molar-refractivity contribution in [3.05, 3.63) is 29.8 Å². The number of hydrogen-bond acceptors (Lipinski definition) is 4. The molecule has 6 heteroatoms. The Morgan fingerprint density at radius 1 is 1.25 bits per heavy atom. The quantitative estimate of drug-likeness (QED) is 0.911. The van der Waals surface area contributed by atoms with Gasteiger partial charge in [-0.15, -0.1) is 11.3 Å². The molecule has 0 unspecified atom stereocenters. The van der Waals surface area contributed by atoms with Crippen LogP contribution in [0.5, 0.6) is 0 Å². The van der Waals surface area contributed by atoms with Crippen LogP contribution in [0.2, 0.25) is 0 Å². The number of amides is 2. The zero-order valence-corrected chi connectivity index (χ0v) is 11.8. The second-order valence-corrected chi connectivity index (χ2v) is 5.69. The highest BCUT2D eigenvalue weighted by atomic mass is 32.1. The molecule has 5 nitrogen and oxygen atoms in total. The Labute approximate surface area is 121 Å². The lowest BCUT2D eigenvalue weighted by Gasteiger charge is -2.11. The van der Waals surface area contributed by atoms with Crippen molar-refractivity contribution in [1.29, 1.82) is 0 Å². The smallest absolute Gasteiger partial charge is 0.321 e. The molecule has 2 heterocycles. The molecule has 2 aromatic heterocycles. The van der Waals surface area contributed by atoms with Crippen LogP contribution in [0.3, 0.4) is 0 Å². The van der Waals surface area contributed by atoms with Gasteiger partial charge in [0.15, 0.2) is 5.13 Å². The number of carbonyl (C=O) groups is 1. The lowest BCUT2D eigenvalue weighted by Crippen LogP contribution is -2.36. The Morgan fingerprint density at radius 2 is 2.10 bits per heavy atom. The Bertz CT molecular complexity index is 578. The Hall–Kier alpha value is -1.95. The van der Waals surface area contributed by atoms with Gasteiger partial charge in [0, 0.05) is 17.6 Å². The number of aromatic nitrogens is 2. The Morgan fingerprint density at radius 3 is 2.85 bits per heavy atom. The van der Waals surface area contributed by atoms with Crippen LogP contribution in [-0.4, -0.2) is 22.0 Å². The minimum absolute atomic E-state index is 0.168. The maximum Gasteiger partial charge on any atom is 0.321 e. The number of pyridine rings is 1. The van der Waals surface area contributed by atoms with Crippen LogP contribution < -0.4 is 10.6 Å². The number of anilines is 1. The molecule has 0 radical (unpaired) electrons. The zero-order chi connectivity index (χ0) is 13.8. The van der Waals surface area contributed by atoms with E-state index in [1.54, 1.807) is 6.20 Å². The Kier molecular flexibility index (Phi) is 3.92. The molecule has 0 spiro atoms. The molecule has 1 aliphatic carbocycles. The lowest BCUT2D eigenvalue weighted by molar-refractivity contribution is 0.248. The Balaban J connectivity index is 1.61. The van der Waals surface area contributed by atoms with E-state index in [2.05, 4.69) is 20.6 Å². The first-order valence-electron chi connectivity index (χ1n) is 6.76. The summed E-state index contributed by atoms with van der Waals surface area (Å²) < 4.78 is 0. The molecule has 0 aromatic carbocycles. The van der Waals surface area contributed by atoms with Crippen LogP contribution in [0.1, 0.15) is 25.7 Å². The summed E-state index contributed by atoms with van der Waals surface area (Å²) in [6.45, 7) is 0. The van der Waals surface area contributed by atoms with Gasteiger partial charge in [0.2, 0.25) is 0 Å². The maximum atomic E-state index is 11.8. The highest BCUT2D eigenvalue weighted by Crippen LogP contribution is 2.23. The van der Waals surface area contributed by atoms with Crippen LogP contribution in [0, 0.1) is 0 Å². The summed E-state index contributed by atoms with van der Waals surface area (Å²) in [7, 11) is 0. The minimum Gasteiger partial charge on any atom is -0.335 e. The van der Waals surface area contributed by atoms with E-state index in [0.717, 1.165) is 24.2 Å². The van der Waals surface area contributed by atoms with Crippen LogP contribution in [0.4, 0.5) is 9.93 Å². The molecule has 3 rings (SSSR count). The summed E-state index contributed by atoms with van der Waals surface area (Å²) in [5, 5.41) is 8.26. The first-order chi connectivity index (χ1) is 9.81. The predicted molar refractivity (Wildman–Crippen MR) is 79.8 cm³/mol. The van der Waals surface area contributed by atoms with E-state index >= 15 is 0 Å². The van der Waals surface area contributed by atoms with Gasteiger partial charge in [0.05, 0.1) is 5.69 Å². The average molecular weight is 288 g/mol. The van der Waals surface area contributed by atoms with Gasteiger partial charge in [-0.1, -0.05) is 18.9 Å². The number of hydrogen-bond donors (Lipinski definition) is 2. The van der Waals surface area contributed by atoms with Crippen molar-refractivity contribution >= 4 is 22.5 Å². The number of urea groups is 1. The maximum absolute atomic E-state index is 11.8. The summed E-state index contributed by atoms with van der Waals surface area (Å²) >= 11 is 1.41. The first kappa shape index (κ1) is 13.1. The zero-order valence-electron chi connectivity index (χ0n) is 11.0. The van der Waals surface area contributed by atoms with Crippen molar-refractivity contribution in [3.8, 4) is 11.4 Å². The first-order valence-corrected chi connectivity index (χ1v) is 7.64. The third-order valence-corrected chi connectivity index (χ3v) is 4.10. The highest BCUT2D eigenvalue weighted by Gasteiger charge is 2.17. The highest BCUT2D eigenvalue weighted by molar-refractivity contribution is 7.14. The van der Waals surface area contributed by atoms with Crippen LogP contribution >= 0.6 is 11.3 Å². The summed E-state index contributed by atoms with van der Waals surface area (Å²) in [6, 6.07) is 5.83. The van der Waals surface area contributed by atoms with Gasteiger partial charge in [-0.25, -0.2) is 9.78 Å². The summed E-state index contributed by atoms with van der Waals surface area (Å²) in [5.74, 6) is 0. The monoisotopic (exact) mass is 288 g/mol. The molecule has 20 heavy (non-hydrogen) atoms. The molecule has 1 saturated carbocycles.